The second kappa shape index (κ2) is 6.74. The maximum atomic E-state index is 13.8. The van der Waals surface area contributed by atoms with Gasteiger partial charge in [0.15, 0.2) is 5.69 Å². The van der Waals surface area contributed by atoms with Gasteiger partial charge in [0.2, 0.25) is 0 Å². The summed E-state index contributed by atoms with van der Waals surface area (Å²) in [7, 11) is 0. The molecule has 3 heterocycles. The normalized spacial score (nSPS) is 24.2. The van der Waals surface area contributed by atoms with Crippen molar-refractivity contribution in [2.45, 2.75) is 51.6 Å². The lowest BCUT2D eigenvalue weighted by atomic mass is 10.1. The molecule has 8 heteroatoms. The molecule has 3 rings (SSSR count). The summed E-state index contributed by atoms with van der Waals surface area (Å²) in [5.74, 6) is -2.45. The quantitative estimate of drug-likeness (QED) is 0.821. The molecule has 2 saturated heterocycles. The van der Waals surface area contributed by atoms with Gasteiger partial charge in [-0.3, -0.25) is 14.4 Å². The minimum atomic E-state index is -2.66. The average Bonchev–Trinajstić information content (AvgIpc) is 3.19. The van der Waals surface area contributed by atoms with Crippen LogP contribution in [0.2, 0.25) is 0 Å². The van der Waals surface area contributed by atoms with Gasteiger partial charge in [0, 0.05) is 32.1 Å². The molecule has 1 aromatic heterocycles. The fourth-order valence-electron chi connectivity index (χ4n) is 3.61. The molecule has 1 amide bonds. The van der Waals surface area contributed by atoms with Crippen LogP contribution in [-0.2, 0) is 6.54 Å². The van der Waals surface area contributed by atoms with E-state index in [9.17, 15) is 13.6 Å². The number of carbonyl (C=O) groups excluding carboxylic acids is 1. The van der Waals surface area contributed by atoms with Crippen LogP contribution in [0.1, 0.15) is 43.6 Å². The topological polar surface area (TPSA) is 54.3 Å². The highest BCUT2D eigenvalue weighted by Gasteiger charge is 2.45. The highest BCUT2D eigenvalue weighted by atomic mass is 19.3. The second-order valence-corrected chi connectivity index (χ2v) is 7.36. The van der Waals surface area contributed by atoms with Crippen molar-refractivity contribution < 1.29 is 13.6 Å². The van der Waals surface area contributed by atoms with Crippen LogP contribution in [-0.4, -0.2) is 68.8 Å². The van der Waals surface area contributed by atoms with Crippen LogP contribution in [0.5, 0.6) is 0 Å². The third-order valence-corrected chi connectivity index (χ3v) is 4.63. The van der Waals surface area contributed by atoms with Crippen molar-refractivity contribution in [3.63, 3.8) is 0 Å². The molecule has 0 aromatic carbocycles. The molecule has 134 valence electrons. The van der Waals surface area contributed by atoms with Crippen molar-refractivity contribution in [1.82, 2.24) is 24.8 Å². The Bertz CT molecular complexity index is 583. The number of hydrogen-bond acceptors (Lipinski definition) is 4. The summed E-state index contributed by atoms with van der Waals surface area (Å²) in [5, 5.41) is 7.92. The summed E-state index contributed by atoms with van der Waals surface area (Å²) < 4.78 is 29.1. The molecule has 1 aromatic rings. The van der Waals surface area contributed by atoms with Gasteiger partial charge in [0.25, 0.3) is 11.8 Å². The van der Waals surface area contributed by atoms with Gasteiger partial charge in [-0.05, 0) is 18.8 Å². The van der Waals surface area contributed by atoms with Gasteiger partial charge in [-0.15, -0.1) is 5.10 Å². The lowest BCUT2D eigenvalue weighted by molar-refractivity contribution is 0.0111. The standard InChI is InChI=1S/C16H25F2N5O/c1-12(2)8-22-11-16(17,18)7-13(22)9-23-10-14(19-20-23)15(24)21-5-3-4-6-21/h10,12-13H,3-9,11H2,1-2H3/t13-/m0/s1. The van der Waals surface area contributed by atoms with E-state index in [1.54, 1.807) is 11.1 Å². The number of halogens is 2. The molecular weight excluding hydrogens is 316 g/mol. The number of rotatable bonds is 5. The van der Waals surface area contributed by atoms with Crippen LogP contribution >= 0.6 is 0 Å². The number of amides is 1. The van der Waals surface area contributed by atoms with E-state index in [2.05, 4.69) is 10.3 Å². The predicted molar refractivity (Wildman–Crippen MR) is 84.9 cm³/mol. The Kier molecular flexibility index (Phi) is 4.85. The number of nitrogens with zero attached hydrogens (tertiary/aromatic N) is 5. The van der Waals surface area contributed by atoms with E-state index in [0.717, 1.165) is 25.9 Å². The molecule has 0 unspecified atom stereocenters. The van der Waals surface area contributed by atoms with Crippen LogP contribution < -0.4 is 0 Å². The molecule has 0 spiro atoms. The SMILES string of the molecule is CC(C)CN1CC(F)(F)C[C@H]1Cn1cc(C(=O)N2CCCC2)nn1. The largest absolute Gasteiger partial charge is 0.337 e. The Morgan fingerprint density at radius 1 is 1.38 bits per heavy atom. The second-order valence-electron chi connectivity index (χ2n) is 7.36. The Balaban J connectivity index is 1.65. The third kappa shape index (κ3) is 3.91. The molecule has 0 bridgehead atoms. The molecule has 6 nitrogen and oxygen atoms in total. The van der Waals surface area contributed by atoms with Gasteiger partial charge >= 0.3 is 0 Å². The smallest absolute Gasteiger partial charge is 0.276 e. The van der Waals surface area contributed by atoms with Crippen molar-refractivity contribution >= 4 is 5.91 Å². The molecule has 0 saturated carbocycles. The van der Waals surface area contributed by atoms with Gasteiger partial charge in [-0.1, -0.05) is 19.1 Å². The lowest BCUT2D eigenvalue weighted by Crippen LogP contribution is -2.36. The zero-order valence-corrected chi connectivity index (χ0v) is 14.3. The highest BCUT2D eigenvalue weighted by molar-refractivity contribution is 5.92. The molecule has 24 heavy (non-hydrogen) atoms. The molecule has 2 aliphatic rings. The number of aromatic nitrogens is 3. The zero-order chi connectivity index (χ0) is 17.3. The molecule has 1 atom stereocenters. The minimum Gasteiger partial charge on any atom is -0.337 e. The average molecular weight is 341 g/mol. The van der Waals surface area contributed by atoms with Crippen LogP contribution in [0, 0.1) is 5.92 Å². The summed E-state index contributed by atoms with van der Waals surface area (Å²) in [4.78, 5) is 15.9. The first-order valence-electron chi connectivity index (χ1n) is 8.65. The maximum absolute atomic E-state index is 13.8. The maximum Gasteiger partial charge on any atom is 0.276 e. The summed E-state index contributed by atoms with van der Waals surface area (Å²) in [6.07, 6.45) is 3.45. The van der Waals surface area contributed by atoms with Crippen molar-refractivity contribution in [3.8, 4) is 0 Å². The summed E-state index contributed by atoms with van der Waals surface area (Å²) in [5.41, 5.74) is 0.303. The minimum absolute atomic E-state index is 0.116. The highest BCUT2D eigenvalue weighted by Crippen LogP contribution is 2.33. The Morgan fingerprint density at radius 3 is 2.75 bits per heavy atom. The Labute approximate surface area is 140 Å². The summed E-state index contributed by atoms with van der Waals surface area (Å²) in [6.45, 7) is 6.32. The van der Waals surface area contributed by atoms with Crippen LogP contribution in [0.15, 0.2) is 6.20 Å². The van der Waals surface area contributed by atoms with E-state index in [4.69, 9.17) is 0 Å². The Morgan fingerprint density at radius 2 is 2.08 bits per heavy atom. The summed E-state index contributed by atoms with van der Waals surface area (Å²) in [6, 6.07) is -0.279. The molecule has 2 aliphatic heterocycles. The van der Waals surface area contributed by atoms with E-state index >= 15 is 0 Å². The van der Waals surface area contributed by atoms with E-state index in [1.165, 1.54) is 4.68 Å². The first kappa shape index (κ1) is 17.3. The predicted octanol–water partition coefficient (Wildman–Crippen LogP) is 1.88. The van der Waals surface area contributed by atoms with E-state index in [-0.39, 0.29) is 24.9 Å². The monoisotopic (exact) mass is 341 g/mol. The van der Waals surface area contributed by atoms with Gasteiger partial charge in [0.1, 0.15) is 0 Å². The lowest BCUT2D eigenvalue weighted by Gasteiger charge is -2.25. The number of carbonyl (C=O) groups is 1. The van der Waals surface area contributed by atoms with Crippen molar-refractivity contribution in [2.75, 3.05) is 26.2 Å². The van der Waals surface area contributed by atoms with E-state index in [1.807, 2.05) is 18.7 Å². The van der Waals surface area contributed by atoms with Gasteiger partial charge in [-0.2, -0.15) is 0 Å². The van der Waals surface area contributed by atoms with Gasteiger partial charge in [0.05, 0.1) is 19.3 Å². The first-order chi connectivity index (χ1) is 11.3. The van der Waals surface area contributed by atoms with Crippen LogP contribution in [0.25, 0.3) is 0 Å². The van der Waals surface area contributed by atoms with Crippen LogP contribution in [0.3, 0.4) is 0 Å². The molecule has 0 radical (unpaired) electrons. The molecule has 2 fully saturated rings. The van der Waals surface area contributed by atoms with E-state index < -0.39 is 5.92 Å². The first-order valence-corrected chi connectivity index (χ1v) is 8.65. The van der Waals surface area contributed by atoms with Crippen molar-refractivity contribution in [1.29, 1.82) is 0 Å². The number of hydrogen-bond donors (Lipinski definition) is 0. The van der Waals surface area contributed by atoms with Gasteiger partial charge in [-0.25, -0.2) is 8.78 Å². The number of likely N-dealkylation sites (tertiary alicyclic amines) is 2. The molecule has 0 N–H and O–H groups in total. The number of alkyl halides is 2. The fourth-order valence-corrected chi connectivity index (χ4v) is 3.61. The van der Waals surface area contributed by atoms with Crippen molar-refractivity contribution in [3.05, 3.63) is 11.9 Å². The third-order valence-electron chi connectivity index (χ3n) is 4.63. The van der Waals surface area contributed by atoms with Crippen molar-refractivity contribution in [2.24, 2.45) is 5.92 Å². The zero-order valence-electron chi connectivity index (χ0n) is 14.3. The molecular formula is C16H25F2N5O. The fraction of sp³-hybridized carbons (Fsp3) is 0.812. The van der Waals surface area contributed by atoms with Gasteiger partial charge < -0.3 is 4.90 Å². The molecule has 0 aliphatic carbocycles. The van der Waals surface area contributed by atoms with E-state index in [0.29, 0.717) is 24.7 Å². The summed E-state index contributed by atoms with van der Waals surface area (Å²) >= 11 is 0. The van der Waals surface area contributed by atoms with Crippen LogP contribution in [0.4, 0.5) is 8.78 Å². The Hall–Kier alpha value is -1.57.